The van der Waals surface area contributed by atoms with Crippen LogP contribution in [0.1, 0.15) is 32.3 Å². The molecule has 1 N–H and O–H groups in total. The highest BCUT2D eigenvalue weighted by Gasteiger charge is 2.29. The number of thiocarbonyl (C=S) groups is 1. The van der Waals surface area contributed by atoms with Crippen molar-refractivity contribution in [3.63, 3.8) is 0 Å². The molecule has 1 amide bonds. The third-order valence-electron chi connectivity index (χ3n) is 5.27. The van der Waals surface area contributed by atoms with Crippen molar-refractivity contribution < 1.29 is 14.3 Å². The van der Waals surface area contributed by atoms with Gasteiger partial charge in [0.15, 0.2) is 16.6 Å². The van der Waals surface area contributed by atoms with Crippen LogP contribution in [0.15, 0.2) is 18.2 Å². The van der Waals surface area contributed by atoms with Crippen molar-refractivity contribution in [2.24, 2.45) is 5.92 Å². The molecule has 0 saturated carbocycles. The van der Waals surface area contributed by atoms with Gasteiger partial charge in [0.2, 0.25) is 5.91 Å². The minimum Gasteiger partial charge on any atom is -0.493 e. The molecular formula is C21H33N3O3S. The van der Waals surface area contributed by atoms with Crippen molar-refractivity contribution in [1.82, 2.24) is 15.1 Å². The lowest BCUT2D eigenvalue weighted by Gasteiger charge is -2.36. The van der Waals surface area contributed by atoms with E-state index in [0.717, 1.165) is 67.6 Å². The van der Waals surface area contributed by atoms with E-state index in [0.29, 0.717) is 6.54 Å². The van der Waals surface area contributed by atoms with Crippen molar-refractivity contribution in [1.29, 1.82) is 0 Å². The van der Waals surface area contributed by atoms with Gasteiger partial charge in [-0.15, -0.1) is 0 Å². The number of likely N-dealkylation sites (tertiary alicyclic amines) is 1. The molecular weight excluding hydrogens is 374 g/mol. The molecule has 2 rings (SSSR count). The van der Waals surface area contributed by atoms with Gasteiger partial charge in [-0.2, -0.15) is 0 Å². The number of nitrogens with zero attached hydrogens (tertiary/aromatic N) is 2. The van der Waals surface area contributed by atoms with Crippen molar-refractivity contribution >= 4 is 23.2 Å². The molecule has 1 aromatic carbocycles. The Morgan fingerprint density at radius 2 is 1.96 bits per heavy atom. The van der Waals surface area contributed by atoms with Crippen LogP contribution in [0.5, 0.6) is 11.5 Å². The SMILES string of the molecule is CCN(CC)C(=O)C1CCCN(C(=S)NCCc2ccc(OC)c(OC)c2)C1. The van der Waals surface area contributed by atoms with E-state index in [1.807, 2.05) is 36.9 Å². The number of methoxy groups -OCH3 is 2. The smallest absolute Gasteiger partial charge is 0.227 e. The number of amides is 1. The Morgan fingerprint density at radius 1 is 1.25 bits per heavy atom. The van der Waals surface area contributed by atoms with Gasteiger partial charge < -0.3 is 24.6 Å². The van der Waals surface area contributed by atoms with Crippen LogP contribution in [0.2, 0.25) is 0 Å². The van der Waals surface area contributed by atoms with Gasteiger partial charge in [-0.05, 0) is 63.0 Å². The molecule has 1 aliphatic rings. The molecule has 1 heterocycles. The summed E-state index contributed by atoms with van der Waals surface area (Å²) < 4.78 is 10.6. The third kappa shape index (κ3) is 5.74. The second-order valence-electron chi connectivity index (χ2n) is 6.97. The largest absolute Gasteiger partial charge is 0.493 e. The fourth-order valence-electron chi connectivity index (χ4n) is 3.62. The first-order valence-electron chi connectivity index (χ1n) is 10.1. The van der Waals surface area contributed by atoms with Crippen LogP contribution in [0, 0.1) is 5.92 Å². The first kappa shape index (κ1) is 22.3. The molecule has 0 radical (unpaired) electrons. The number of hydrogen-bond donors (Lipinski definition) is 1. The summed E-state index contributed by atoms with van der Waals surface area (Å²) in [5.41, 5.74) is 1.15. The number of rotatable bonds is 8. The summed E-state index contributed by atoms with van der Waals surface area (Å²) in [4.78, 5) is 16.7. The lowest BCUT2D eigenvalue weighted by atomic mass is 9.96. The zero-order chi connectivity index (χ0) is 20.5. The number of piperidine rings is 1. The highest BCUT2D eigenvalue weighted by molar-refractivity contribution is 7.80. The molecule has 1 atom stereocenters. The summed E-state index contributed by atoms with van der Waals surface area (Å²) in [7, 11) is 3.27. The van der Waals surface area contributed by atoms with E-state index in [1.54, 1.807) is 14.2 Å². The first-order valence-corrected chi connectivity index (χ1v) is 10.5. The van der Waals surface area contributed by atoms with Gasteiger partial charge in [-0.25, -0.2) is 0 Å². The Balaban J connectivity index is 1.85. The van der Waals surface area contributed by atoms with Gasteiger partial charge in [0.05, 0.1) is 20.1 Å². The van der Waals surface area contributed by atoms with E-state index in [2.05, 4.69) is 10.2 Å². The van der Waals surface area contributed by atoms with Gasteiger partial charge in [-0.3, -0.25) is 4.79 Å². The molecule has 0 spiro atoms. The van der Waals surface area contributed by atoms with Crippen molar-refractivity contribution in [3.05, 3.63) is 23.8 Å². The molecule has 0 bridgehead atoms. The zero-order valence-corrected chi connectivity index (χ0v) is 18.3. The lowest BCUT2D eigenvalue weighted by molar-refractivity contribution is -0.136. The average molecular weight is 408 g/mol. The average Bonchev–Trinajstić information content (AvgIpc) is 2.74. The highest BCUT2D eigenvalue weighted by atomic mass is 32.1. The molecule has 1 aliphatic heterocycles. The molecule has 1 fully saturated rings. The molecule has 7 heteroatoms. The van der Waals surface area contributed by atoms with Crippen molar-refractivity contribution in [3.8, 4) is 11.5 Å². The Bertz CT molecular complexity index is 664. The topological polar surface area (TPSA) is 54.0 Å². The second kappa shape index (κ2) is 11.1. The molecule has 1 unspecified atom stereocenters. The van der Waals surface area contributed by atoms with Gasteiger partial charge in [0.1, 0.15) is 0 Å². The summed E-state index contributed by atoms with van der Waals surface area (Å²) in [5, 5.41) is 4.08. The quantitative estimate of drug-likeness (QED) is 0.669. The minimum absolute atomic E-state index is 0.0410. The maximum Gasteiger partial charge on any atom is 0.227 e. The fraction of sp³-hybridized carbons (Fsp3) is 0.619. The van der Waals surface area contributed by atoms with E-state index in [9.17, 15) is 4.79 Å². The van der Waals surface area contributed by atoms with Gasteiger partial charge in [0.25, 0.3) is 0 Å². The third-order valence-corrected chi connectivity index (χ3v) is 5.67. The van der Waals surface area contributed by atoms with E-state index < -0.39 is 0 Å². The van der Waals surface area contributed by atoms with E-state index in [1.165, 1.54) is 0 Å². The molecule has 1 aromatic rings. The Hall–Kier alpha value is -2.02. The first-order chi connectivity index (χ1) is 13.5. The van der Waals surface area contributed by atoms with E-state index in [-0.39, 0.29) is 11.8 Å². The van der Waals surface area contributed by atoms with Gasteiger partial charge >= 0.3 is 0 Å². The summed E-state index contributed by atoms with van der Waals surface area (Å²) in [6.45, 7) is 7.94. The van der Waals surface area contributed by atoms with Gasteiger partial charge in [-0.1, -0.05) is 6.07 Å². The number of benzene rings is 1. The van der Waals surface area contributed by atoms with Crippen molar-refractivity contribution in [2.75, 3.05) is 46.9 Å². The standard InChI is InChI=1S/C21H33N3O3S/c1-5-23(6-2)20(25)17-8-7-13-24(15-17)21(28)22-12-11-16-9-10-18(26-3)19(14-16)27-4/h9-10,14,17H,5-8,11-13,15H2,1-4H3,(H,22,28). The highest BCUT2D eigenvalue weighted by Crippen LogP contribution is 2.27. The van der Waals surface area contributed by atoms with Crippen LogP contribution in [0.25, 0.3) is 0 Å². The van der Waals surface area contributed by atoms with E-state index in [4.69, 9.17) is 21.7 Å². The number of ether oxygens (including phenoxy) is 2. The maximum absolute atomic E-state index is 12.7. The Labute approximate surface area is 174 Å². The van der Waals surface area contributed by atoms with Crippen LogP contribution < -0.4 is 14.8 Å². The molecule has 0 aliphatic carbocycles. The van der Waals surface area contributed by atoms with Crippen LogP contribution in [-0.2, 0) is 11.2 Å². The Kier molecular flexibility index (Phi) is 8.83. The number of hydrogen-bond acceptors (Lipinski definition) is 4. The summed E-state index contributed by atoms with van der Waals surface area (Å²) in [5.74, 6) is 1.75. The molecule has 156 valence electrons. The van der Waals surface area contributed by atoms with Crippen LogP contribution in [0.4, 0.5) is 0 Å². The van der Waals surface area contributed by atoms with Crippen molar-refractivity contribution in [2.45, 2.75) is 33.1 Å². The van der Waals surface area contributed by atoms with E-state index >= 15 is 0 Å². The molecule has 6 nitrogen and oxygen atoms in total. The van der Waals surface area contributed by atoms with Gasteiger partial charge in [0, 0.05) is 32.7 Å². The number of carbonyl (C=O) groups is 1. The monoisotopic (exact) mass is 407 g/mol. The maximum atomic E-state index is 12.7. The minimum atomic E-state index is 0.0410. The molecule has 1 saturated heterocycles. The lowest BCUT2D eigenvalue weighted by Crippen LogP contribution is -2.49. The number of nitrogens with one attached hydrogen (secondary N) is 1. The summed E-state index contributed by atoms with van der Waals surface area (Å²) >= 11 is 5.58. The molecule has 28 heavy (non-hydrogen) atoms. The van der Waals surface area contributed by atoms with Crippen LogP contribution in [-0.4, -0.2) is 67.8 Å². The summed E-state index contributed by atoms with van der Waals surface area (Å²) in [6, 6.07) is 5.94. The predicted octanol–water partition coefficient (Wildman–Crippen LogP) is 2.70. The second-order valence-corrected chi connectivity index (χ2v) is 7.35. The number of carbonyl (C=O) groups excluding carboxylic acids is 1. The Morgan fingerprint density at radius 3 is 2.61 bits per heavy atom. The summed E-state index contributed by atoms with van der Waals surface area (Å²) in [6.07, 6.45) is 2.77. The van der Waals surface area contributed by atoms with Crippen LogP contribution in [0.3, 0.4) is 0 Å². The normalized spacial score (nSPS) is 16.4. The fourth-order valence-corrected chi connectivity index (χ4v) is 3.89. The zero-order valence-electron chi connectivity index (χ0n) is 17.5. The van der Waals surface area contributed by atoms with Crippen LogP contribution >= 0.6 is 12.2 Å². The molecule has 0 aromatic heterocycles. The predicted molar refractivity (Wildman–Crippen MR) is 116 cm³/mol.